The molecule has 0 aromatic heterocycles. The summed E-state index contributed by atoms with van der Waals surface area (Å²) < 4.78 is 32.3. The minimum atomic E-state index is -1.07. The molecule has 0 fully saturated rings. The molecule has 2 aromatic rings. The first-order valence-corrected chi connectivity index (χ1v) is 6.80. The van der Waals surface area contributed by atoms with Crippen LogP contribution in [0.4, 0.5) is 8.78 Å². The molecular weight excluding hydrogens is 274 g/mol. The van der Waals surface area contributed by atoms with Gasteiger partial charge in [0.05, 0.1) is 0 Å². The zero-order chi connectivity index (χ0) is 15.2. The topological polar surface area (TPSA) is 29.5 Å². The van der Waals surface area contributed by atoms with E-state index < -0.39 is 17.7 Å². The maximum absolute atomic E-state index is 13.3. The van der Waals surface area contributed by atoms with Crippen molar-refractivity contribution in [2.75, 3.05) is 0 Å². The minimum Gasteiger partial charge on any atom is -0.487 e. The summed E-state index contributed by atoms with van der Waals surface area (Å²) in [7, 11) is 0. The third-order valence-corrected chi connectivity index (χ3v) is 3.60. The van der Waals surface area contributed by atoms with Crippen LogP contribution < -0.4 is 4.74 Å². The molecular formula is C17H16F2O2. The van der Waals surface area contributed by atoms with Gasteiger partial charge in [-0.1, -0.05) is 6.07 Å². The summed E-state index contributed by atoms with van der Waals surface area (Å²) in [6, 6.07) is 8.40. The third kappa shape index (κ3) is 2.76. The van der Waals surface area contributed by atoms with Crippen LogP contribution in [0, 0.1) is 11.6 Å². The first-order chi connectivity index (χ1) is 9.84. The van der Waals surface area contributed by atoms with Crippen LogP contribution >= 0.6 is 0 Å². The number of aliphatic hydroxyl groups excluding tert-OH is 1. The number of aliphatic hydroxyl groups is 1. The van der Waals surface area contributed by atoms with Gasteiger partial charge in [0.25, 0.3) is 0 Å². The fraction of sp³-hybridized carbons (Fsp3) is 0.294. The van der Waals surface area contributed by atoms with Crippen molar-refractivity contribution >= 4 is 0 Å². The van der Waals surface area contributed by atoms with E-state index in [1.807, 2.05) is 19.9 Å². The Hall–Kier alpha value is -1.94. The average molecular weight is 290 g/mol. The van der Waals surface area contributed by atoms with Crippen LogP contribution in [-0.2, 0) is 6.42 Å². The van der Waals surface area contributed by atoms with E-state index >= 15 is 0 Å². The molecule has 1 heterocycles. The molecule has 1 atom stereocenters. The van der Waals surface area contributed by atoms with E-state index in [9.17, 15) is 13.9 Å². The monoisotopic (exact) mass is 290 g/mol. The van der Waals surface area contributed by atoms with E-state index in [2.05, 4.69) is 0 Å². The van der Waals surface area contributed by atoms with E-state index in [1.165, 1.54) is 0 Å². The lowest BCUT2D eigenvalue weighted by Crippen LogP contribution is -2.24. The molecule has 1 unspecified atom stereocenters. The molecule has 1 N–H and O–H groups in total. The fourth-order valence-corrected chi connectivity index (χ4v) is 2.73. The van der Waals surface area contributed by atoms with Crippen molar-refractivity contribution in [1.82, 2.24) is 0 Å². The van der Waals surface area contributed by atoms with Crippen LogP contribution in [-0.4, -0.2) is 10.7 Å². The molecule has 2 aromatic carbocycles. The lowest BCUT2D eigenvalue weighted by molar-refractivity contribution is 0.138. The van der Waals surface area contributed by atoms with Crippen LogP contribution in [0.3, 0.4) is 0 Å². The van der Waals surface area contributed by atoms with Gasteiger partial charge in [-0.3, -0.25) is 0 Å². The van der Waals surface area contributed by atoms with Crippen molar-refractivity contribution in [2.24, 2.45) is 0 Å². The second-order valence-electron chi connectivity index (χ2n) is 6.01. The van der Waals surface area contributed by atoms with Crippen molar-refractivity contribution in [3.05, 3.63) is 64.7 Å². The number of rotatable bonds is 2. The smallest absolute Gasteiger partial charge is 0.126 e. The SMILES string of the molecule is CC1(C)Cc2cc(C(O)c3cc(F)cc(F)c3)ccc2O1. The van der Waals surface area contributed by atoms with Crippen LogP contribution in [0.5, 0.6) is 5.75 Å². The summed E-state index contributed by atoms with van der Waals surface area (Å²) in [6.07, 6.45) is -0.329. The molecule has 4 heteroatoms. The number of hydrogen-bond donors (Lipinski definition) is 1. The van der Waals surface area contributed by atoms with Crippen molar-refractivity contribution in [2.45, 2.75) is 32.0 Å². The van der Waals surface area contributed by atoms with Gasteiger partial charge in [0.2, 0.25) is 0 Å². The second kappa shape index (κ2) is 4.81. The van der Waals surface area contributed by atoms with E-state index in [1.54, 1.807) is 12.1 Å². The van der Waals surface area contributed by atoms with Crippen LogP contribution in [0.2, 0.25) is 0 Å². The van der Waals surface area contributed by atoms with Crippen LogP contribution in [0.1, 0.15) is 36.6 Å². The average Bonchev–Trinajstić information content (AvgIpc) is 2.69. The highest BCUT2D eigenvalue weighted by Crippen LogP contribution is 2.37. The molecule has 0 radical (unpaired) electrons. The normalized spacial score (nSPS) is 17.2. The molecule has 0 saturated heterocycles. The van der Waals surface area contributed by atoms with E-state index in [0.717, 1.165) is 35.9 Å². The molecule has 0 bridgehead atoms. The number of hydrogen-bond acceptors (Lipinski definition) is 2. The van der Waals surface area contributed by atoms with Crippen LogP contribution in [0.25, 0.3) is 0 Å². The maximum Gasteiger partial charge on any atom is 0.126 e. The van der Waals surface area contributed by atoms with Gasteiger partial charge in [-0.05, 0) is 54.8 Å². The first kappa shape index (κ1) is 14.0. The lowest BCUT2D eigenvalue weighted by atomic mass is 9.96. The Bertz CT molecular complexity index is 675. The first-order valence-electron chi connectivity index (χ1n) is 6.80. The van der Waals surface area contributed by atoms with Crippen molar-refractivity contribution in [3.63, 3.8) is 0 Å². The molecule has 110 valence electrons. The predicted octanol–water partition coefficient (Wildman–Crippen LogP) is 3.76. The van der Waals surface area contributed by atoms with E-state index in [-0.39, 0.29) is 11.2 Å². The van der Waals surface area contributed by atoms with E-state index in [4.69, 9.17) is 4.74 Å². The minimum absolute atomic E-state index is 0.200. The standard InChI is InChI=1S/C17H16F2O2/c1-17(2)9-12-5-10(3-4-15(12)21-17)16(20)11-6-13(18)8-14(19)7-11/h3-8,16,20H,9H2,1-2H3. The molecule has 1 aliphatic rings. The Morgan fingerprint density at radius 3 is 2.38 bits per heavy atom. The largest absolute Gasteiger partial charge is 0.487 e. The van der Waals surface area contributed by atoms with Crippen molar-refractivity contribution in [1.29, 1.82) is 0 Å². The van der Waals surface area contributed by atoms with Gasteiger partial charge in [-0.25, -0.2) is 8.78 Å². The summed E-state index contributed by atoms with van der Waals surface area (Å²) in [5, 5.41) is 10.3. The molecule has 0 saturated carbocycles. The Morgan fingerprint density at radius 1 is 1.05 bits per heavy atom. The zero-order valence-corrected chi connectivity index (χ0v) is 11.9. The molecule has 0 aliphatic carbocycles. The highest BCUT2D eigenvalue weighted by molar-refractivity contribution is 5.44. The van der Waals surface area contributed by atoms with Gasteiger partial charge in [-0.15, -0.1) is 0 Å². The molecule has 3 rings (SSSR count). The van der Waals surface area contributed by atoms with Gasteiger partial charge in [0, 0.05) is 12.5 Å². The Morgan fingerprint density at radius 2 is 1.71 bits per heavy atom. The van der Waals surface area contributed by atoms with Crippen molar-refractivity contribution < 1.29 is 18.6 Å². The van der Waals surface area contributed by atoms with Gasteiger partial charge >= 0.3 is 0 Å². The molecule has 0 spiro atoms. The number of benzene rings is 2. The van der Waals surface area contributed by atoms with Crippen LogP contribution in [0.15, 0.2) is 36.4 Å². The van der Waals surface area contributed by atoms with Gasteiger partial charge in [0.1, 0.15) is 29.1 Å². The summed E-state index contributed by atoms with van der Waals surface area (Å²) in [6.45, 7) is 3.98. The molecule has 0 amide bonds. The molecule has 2 nitrogen and oxygen atoms in total. The second-order valence-corrected chi connectivity index (χ2v) is 6.01. The maximum atomic E-state index is 13.3. The van der Waals surface area contributed by atoms with E-state index in [0.29, 0.717) is 5.56 Å². The Labute approximate surface area is 122 Å². The summed E-state index contributed by atoms with van der Waals surface area (Å²) in [4.78, 5) is 0. The quantitative estimate of drug-likeness (QED) is 0.912. The predicted molar refractivity (Wildman–Crippen MR) is 75.3 cm³/mol. The van der Waals surface area contributed by atoms with Gasteiger partial charge < -0.3 is 9.84 Å². The Balaban J connectivity index is 1.95. The summed E-state index contributed by atoms with van der Waals surface area (Å²) in [5.74, 6) is -0.606. The summed E-state index contributed by atoms with van der Waals surface area (Å²) in [5.41, 5.74) is 1.52. The summed E-state index contributed by atoms with van der Waals surface area (Å²) >= 11 is 0. The number of halogens is 2. The lowest BCUT2D eigenvalue weighted by Gasteiger charge is -2.16. The van der Waals surface area contributed by atoms with Gasteiger partial charge in [0.15, 0.2) is 0 Å². The fourth-order valence-electron chi connectivity index (χ4n) is 2.73. The number of fused-ring (bicyclic) bond motifs is 1. The van der Waals surface area contributed by atoms with Crippen molar-refractivity contribution in [3.8, 4) is 5.75 Å². The van der Waals surface area contributed by atoms with Gasteiger partial charge in [-0.2, -0.15) is 0 Å². The zero-order valence-electron chi connectivity index (χ0n) is 11.9. The molecule has 1 aliphatic heterocycles. The Kier molecular flexibility index (Phi) is 3.21. The molecule has 21 heavy (non-hydrogen) atoms. The number of ether oxygens (including phenoxy) is 1. The highest BCUT2D eigenvalue weighted by Gasteiger charge is 2.30. The highest BCUT2D eigenvalue weighted by atomic mass is 19.1. The third-order valence-electron chi connectivity index (χ3n) is 3.60.